The van der Waals surface area contributed by atoms with Gasteiger partial charge in [-0.15, -0.1) is 0 Å². The number of amides is 2. The molecule has 2 aromatic rings. The lowest BCUT2D eigenvalue weighted by Gasteiger charge is -2.34. The zero-order valence-electron chi connectivity index (χ0n) is 20.5. The van der Waals surface area contributed by atoms with Gasteiger partial charge in [-0.3, -0.25) is 9.36 Å². The number of ether oxygens (including phenoxy) is 1. The van der Waals surface area contributed by atoms with Gasteiger partial charge in [-0.1, -0.05) is 0 Å². The van der Waals surface area contributed by atoms with Crippen molar-refractivity contribution in [1.82, 2.24) is 29.1 Å². The zero-order valence-corrected chi connectivity index (χ0v) is 20.5. The normalized spacial score (nSPS) is 16.9. The van der Waals surface area contributed by atoms with E-state index < -0.39 is 5.60 Å². The van der Waals surface area contributed by atoms with Gasteiger partial charge in [-0.25, -0.2) is 14.3 Å². The number of likely N-dealkylation sites (tertiary alicyclic amines) is 1. The Hall–Kier alpha value is -3.04. The summed E-state index contributed by atoms with van der Waals surface area (Å²) in [4.78, 5) is 39.3. The summed E-state index contributed by atoms with van der Waals surface area (Å²) in [5.41, 5.74) is 0.0581. The number of piperidine rings is 1. The van der Waals surface area contributed by atoms with Crippen molar-refractivity contribution in [3.63, 3.8) is 0 Å². The highest BCUT2D eigenvalue weighted by molar-refractivity contribution is 5.92. The fraction of sp³-hybridized carbons (Fsp3) is 0.667. The molecule has 0 atom stereocenters. The first-order valence-electron chi connectivity index (χ1n) is 12.3. The van der Waals surface area contributed by atoms with E-state index in [4.69, 9.17) is 4.74 Å². The Kier molecular flexibility index (Phi) is 7.13. The molecular weight excluding hydrogens is 436 g/mol. The van der Waals surface area contributed by atoms with Crippen LogP contribution in [0.2, 0.25) is 0 Å². The van der Waals surface area contributed by atoms with Crippen LogP contribution in [0.4, 0.5) is 4.79 Å². The van der Waals surface area contributed by atoms with E-state index in [1.165, 1.54) is 4.68 Å². The highest BCUT2D eigenvalue weighted by Gasteiger charge is 2.28. The van der Waals surface area contributed by atoms with Gasteiger partial charge in [-0.2, -0.15) is 5.10 Å². The molecule has 0 aromatic carbocycles. The minimum atomic E-state index is -0.509. The Morgan fingerprint density at radius 1 is 1.18 bits per heavy atom. The molecule has 1 saturated heterocycles. The Bertz CT molecular complexity index is 1070. The van der Waals surface area contributed by atoms with E-state index in [0.29, 0.717) is 38.3 Å². The van der Waals surface area contributed by atoms with Crippen molar-refractivity contribution in [1.29, 1.82) is 0 Å². The lowest BCUT2D eigenvalue weighted by Crippen LogP contribution is -2.42. The predicted octanol–water partition coefficient (Wildman–Crippen LogP) is 2.57. The second kappa shape index (κ2) is 10.1. The lowest BCUT2D eigenvalue weighted by molar-refractivity contribution is 0.0187. The van der Waals surface area contributed by atoms with E-state index in [1.54, 1.807) is 9.47 Å². The summed E-state index contributed by atoms with van der Waals surface area (Å²) in [6, 6.07) is 3.86. The molecule has 0 saturated carbocycles. The number of nitrogens with zero attached hydrogens (tertiary/aromatic N) is 5. The van der Waals surface area contributed by atoms with E-state index in [0.717, 1.165) is 44.5 Å². The minimum Gasteiger partial charge on any atom is -0.444 e. The van der Waals surface area contributed by atoms with Crippen LogP contribution in [0.3, 0.4) is 0 Å². The minimum absolute atomic E-state index is 0.0485. The standard InChI is InChI=1S/C24H36N6O4/c1-24(2,3)34-23(33)27-16-10-18(11-17-27)28-14-6-8-19(28)21(31)25-12-7-15-30-22(32)29-13-5-4-9-20(29)26-30/h6,8,14,18H,4-5,7,9-13,15-17H2,1-3H3,(H,25,31). The molecule has 2 aliphatic heterocycles. The third kappa shape index (κ3) is 5.53. The molecule has 4 rings (SSSR count). The Morgan fingerprint density at radius 3 is 2.65 bits per heavy atom. The fourth-order valence-corrected chi connectivity index (χ4v) is 4.67. The smallest absolute Gasteiger partial charge is 0.410 e. The van der Waals surface area contributed by atoms with Crippen molar-refractivity contribution in [3.8, 4) is 0 Å². The van der Waals surface area contributed by atoms with Gasteiger partial charge in [0, 0.05) is 51.4 Å². The molecule has 0 unspecified atom stereocenters. The van der Waals surface area contributed by atoms with Crippen LogP contribution in [0.1, 0.15) is 75.2 Å². The van der Waals surface area contributed by atoms with Gasteiger partial charge in [0.2, 0.25) is 0 Å². The molecule has 0 radical (unpaired) electrons. The van der Waals surface area contributed by atoms with Crippen LogP contribution < -0.4 is 11.0 Å². The highest BCUT2D eigenvalue weighted by Crippen LogP contribution is 2.25. The molecule has 0 spiro atoms. The predicted molar refractivity (Wildman–Crippen MR) is 127 cm³/mol. The van der Waals surface area contributed by atoms with E-state index >= 15 is 0 Å². The molecule has 34 heavy (non-hydrogen) atoms. The molecular formula is C24H36N6O4. The SMILES string of the molecule is CC(C)(C)OC(=O)N1CCC(n2cccc2C(=O)NCCCn2nc3n(c2=O)CCCC3)CC1. The van der Waals surface area contributed by atoms with Crippen LogP contribution in [0.25, 0.3) is 0 Å². The molecule has 2 aliphatic rings. The van der Waals surface area contributed by atoms with Gasteiger partial charge in [0.15, 0.2) is 0 Å². The van der Waals surface area contributed by atoms with Gasteiger partial charge in [-0.05, 0) is 65.0 Å². The average Bonchev–Trinajstić information content (AvgIpc) is 3.41. The van der Waals surface area contributed by atoms with Gasteiger partial charge in [0.05, 0.1) is 0 Å². The summed E-state index contributed by atoms with van der Waals surface area (Å²) in [6.45, 7) is 8.50. The van der Waals surface area contributed by atoms with Crippen LogP contribution in [0.15, 0.2) is 23.1 Å². The number of hydrogen-bond acceptors (Lipinski definition) is 5. The zero-order chi connectivity index (χ0) is 24.3. The Morgan fingerprint density at radius 2 is 1.94 bits per heavy atom. The van der Waals surface area contributed by atoms with Crippen LogP contribution in [-0.2, 0) is 24.2 Å². The summed E-state index contributed by atoms with van der Waals surface area (Å²) >= 11 is 0. The third-order valence-electron chi connectivity index (χ3n) is 6.38. The molecule has 2 aromatic heterocycles. The van der Waals surface area contributed by atoms with Gasteiger partial charge in [0.1, 0.15) is 17.1 Å². The quantitative estimate of drug-likeness (QED) is 0.651. The summed E-state index contributed by atoms with van der Waals surface area (Å²) in [7, 11) is 0. The summed E-state index contributed by atoms with van der Waals surface area (Å²) in [6.07, 6.45) is 6.76. The maximum Gasteiger partial charge on any atom is 0.410 e. The molecule has 0 aliphatic carbocycles. The van der Waals surface area contributed by atoms with Gasteiger partial charge >= 0.3 is 11.8 Å². The molecule has 10 heteroatoms. The average molecular weight is 473 g/mol. The number of aryl methyl sites for hydroxylation is 2. The molecule has 1 fully saturated rings. The van der Waals surface area contributed by atoms with E-state index in [9.17, 15) is 14.4 Å². The van der Waals surface area contributed by atoms with Crippen molar-refractivity contribution in [3.05, 3.63) is 40.3 Å². The second-order valence-electron chi connectivity index (χ2n) is 10.1. The van der Waals surface area contributed by atoms with Crippen molar-refractivity contribution in [2.75, 3.05) is 19.6 Å². The second-order valence-corrected chi connectivity index (χ2v) is 10.1. The van der Waals surface area contributed by atoms with E-state index in [2.05, 4.69) is 10.4 Å². The summed E-state index contributed by atoms with van der Waals surface area (Å²) in [5.74, 6) is 0.742. The van der Waals surface area contributed by atoms with Crippen molar-refractivity contribution in [2.24, 2.45) is 0 Å². The van der Waals surface area contributed by atoms with Crippen LogP contribution in [-0.4, -0.2) is 61.1 Å². The van der Waals surface area contributed by atoms with Crippen LogP contribution in [0, 0.1) is 0 Å². The van der Waals surface area contributed by atoms with Gasteiger partial charge < -0.3 is 19.5 Å². The fourth-order valence-electron chi connectivity index (χ4n) is 4.67. The molecule has 186 valence electrons. The number of nitrogens with one attached hydrogen (secondary N) is 1. The summed E-state index contributed by atoms with van der Waals surface area (Å²) < 4.78 is 10.8. The maximum absolute atomic E-state index is 12.8. The molecule has 4 heterocycles. The van der Waals surface area contributed by atoms with E-state index in [1.807, 2.05) is 43.7 Å². The number of aromatic nitrogens is 4. The van der Waals surface area contributed by atoms with Crippen LogP contribution in [0.5, 0.6) is 0 Å². The number of hydrogen-bond donors (Lipinski definition) is 1. The maximum atomic E-state index is 12.8. The highest BCUT2D eigenvalue weighted by atomic mass is 16.6. The molecule has 10 nitrogen and oxygen atoms in total. The Balaban J connectivity index is 1.26. The summed E-state index contributed by atoms with van der Waals surface area (Å²) in [5, 5.41) is 7.42. The molecule has 0 bridgehead atoms. The first kappa shape index (κ1) is 24.1. The lowest BCUT2D eigenvalue weighted by atomic mass is 10.0. The largest absolute Gasteiger partial charge is 0.444 e. The first-order chi connectivity index (χ1) is 16.2. The first-order valence-corrected chi connectivity index (χ1v) is 12.3. The van der Waals surface area contributed by atoms with Crippen LogP contribution >= 0.6 is 0 Å². The van der Waals surface area contributed by atoms with Crippen molar-refractivity contribution < 1.29 is 14.3 Å². The molecule has 2 amide bonds. The van der Waals surface area contributed by atoms with E-state index in [-0.39, 0.29) is 23.7 Å². The monoisotopic (exact) mass is 472 g/mol. The number of rotatable bonds is 6. The number of carbonyl (C=O) groups is 2. The number of carbonyl (C=O) groups excluding carboxylic acids is 2. The molecule has 1 N–H and O–H groups in total. The Labute approximate surface area is 199 Å². The van der Waals surface area contributed by atoms with Crippen molar-refractivity contribution >= 4 is 12.0 Å². The topological polar surface area (TPSA) is 103 Å². The van der Waals surface area contributed by atoms with Crippen molar-refractivity contribution in [2.45, 2.75) is 84.0 Å². The number of fused-ring (bicyclic) bond motifs is 1. The third-order valence-corrected chi connectivity index (χ3v) is 6.38. The van der Waals surface area contributed by atoms with Gasteiger partial charge in [0.25, 0.3) is 5.91 Å².